The van der Waals surface area contributed by atoms with Gasteiger partial charge in [0.1, 0.15) is 5.01 Å². The molecule has 0 radical (unpaired) electrons. The summed E-state index contributed by atoms with van der Waals surface area (Å²) < 4.78 is 10.1. The predicted molar refractivity (Wildman–Crippen MR) is 103 cm³/mol. The summed E-state index contributed by atoms with van der Waals surface area (Å²) in [4.78, 5) is 30.3. The smallest absolute Gasteiger partial charge is 0.357 e. The standard InChI is InChI=1S/C19H32N2O4S/c1-4-6-7-8-9-10-11-18(22)21(12-13-24-3)14-17-20-16(15-26-17)19(23)25-5-2/h15H,4-14H2,1-3H3. The van der Waals surface area contributed by atoms with Gasteiger partial charge >= 0.3 is 5.97 Å². The Bertz CT molecular complexity index is 533. The number of methoxy groups -OCH3 is 1. The number of rotatable bonds is 14. The van der Waals surface area contributed by atoms with Gasteiger partial charge in [-0.1, -0.05) is 39.0 Å². The Kier molecular flexibility index (Phi) is 11.9. The fourth-order valence-electron chi connectivity index (χ4n) is 2.55. The maximum atomic E-state index is 12.5. The van der Waals surface area contributed by atoms with Gasteiger partial charge in [0.15, 0.2) is 5.69 Å². The highest BCUT2D eigenvalue weighted by Crippen LogP contribution is 2.15. The molecule has 0 saturated carbocycles. The van der Waals surface area contributed by atoms with Crippen LogP contribution in [-0.2, 0) is 20.8 Å². The number of esters is 1. The van der Waals surface area contributed by atoms with Crippen LogP contribution < -0.4 is 0 Å². The Hall–Kier alpha value is -1.47. The molecule has 26 heavy (non-hydrogen) atoms. The van der Waals surface area contributed by atoms with Crippen LogP contribution in [0, 0.1) is 0 Å². The normalized spacial score (nSPS) is 10.7. The van der Waals surface area contributed by atoms with Gasteiger partial charge in [-0.25, -0.2) is 9.78 Å². The van der Waals surface area contributed by atoms with Crippen molar-refractivity contribution in [1.29, 1.82) is 0 Å². The average Bonchev–Trinajstić information content (AvgIpc) is 3.10. The minimum absolute atomic E-state index is 0.116. The van der Waals surface area contributed by atoms with Gasteiger partial charge < -0.3 is 14.4 Å². The Balaban J connectivity index is 2.52. The van der Waals surface area contributed by atoms with E-state index in [1.54, 1.807) is 24.3 Å². The molecule has 1 aromatic heterocycles. The number of hydrogen-bond acceptors (Lipinski definition) is 6. The van der Waals surface area contributed by atoms with Crippen molar-refractivity contribution in [2.75, 3.05) is 26.9 Å². The number of thiazole rings is 1. The quantitative estimate of drug-likeness (QED) is 0.358. The third-order valence-corrected chi connectivity index (χ3v) is 4.86. The highest BCUT2D eigenvalue weighted by atomic mass is 32.1. The number of hydrogen-bond donors (Lipinski definition) is 0. The lowest BCUT2D eigenvalue weighted by molar-refractivity contribution is -0.132. The highest BCUT2D eigenvalue weighted by molar-refractivity contribution is 7.09. The van der Waals surface area contributed by atoms with E-state index in [-0.39, 0.29) is 5.91 Å². The number of aromatic nitrogens is 1. The summed E-state index contributed by atoms with van der Waals surface area (Å²) >= 11 is 1.37. The fraction of sp³-hybridized carbons (Fsp3) is 0.737. The highest BCUT2D eigenvalue weighted by Gasteiger charge is 2.17. The molecule has 1 aromatic rings. The lowest BCUT2D eigenvalue weighted by Crippen LogP contribution is -2.33. The van der Waals surface area contributed by atoms with Crippen LogP contribution in [-0.4, -0.2) is 48.6 Å². The van der Waals surface area contributed by atoms with Crippen molar-refractivity contribution in [3.05, 3.63) is 16.1 Å². The van der Waals surface area contributed by atoms with Crippen molar-refractivity contribution in [3.63, 3.8) is 0 Å². The third kappa shape index (κ3) is 8.76. The molecule has 0 atom stereocenters. The Labute approximate surface area is 160 Å². The van der Waals surface area contributed by atoms with E-state index in [4.69, 9.17) is 9.47 Å². The SMILES string of the molecule is CCCCCCCCC(=O)N(CCOC)Cc1nc(C(=O)OCC)cs1. The first-order valence-corrected chi connectivity index (χ1v) is 10.4. The molecule has 148 valence electrons. The number of unbranched alkanes of at least 4 members (excludes halogenated alkanes) is 5. The van der Waals surface area contributed by atoms with Crippen molar-refractivity contribution in [2.45, 2.75) is 65.3 Å². The number of amides is 1. The van der Waals surface area contributed by atoms with Crippen molar-refractivity contribution in [3.8, 4) is 0 Å². The van der Waals surface area contributed by atoms with E-state index in [1.807, 2.05) is 0 Å². The molecule has 6 nitrogen and oxygen atoms in total. The largest absolute Gasteiger partial charge is 0.461 e. The fourth-order valence-corrected chi connectivity index (χ4v) is 3.33. The van der Waals surface area contributed by atoms with Crippen molar-refractivity contribution in [1.82, 2.24) is 9.88 Å². The minimum atomic E-state index is -0.420. The van der Waals surface area contributed by atoms with Crippen LogP contribution in [0.3, 0.4) is 0 Å². The van der Waals surface area contributed by atoms with Gasteiger partial charge in [0.2, 0.25) is 5.91 Å². The van der Waals surface area contributed by atoms with Crippen LogP contribution in [0.15, 0.2) is 5.38 Å². The van der Waals surface area contributed by atoms with Gasteiger partial charge in [0.25, 0.3) is 0 Å². The molecule has 0 saturated heterocycles. The van der Waals surface area contributed by atoms with Crippen LogP contribution in [0.2, 0.25) is 0 Å². The zero-order valence-electron chi connectivity index (χ0n) is 16.3. The molecule has 0 fully saturated rings. The first-order valence-electron chi connectivity index (χ1n) is 9.50. The molecule has 0 aliphatic heterocycles. The molecule has 1 rings (SSSR count). The number of carbonyl (C=O) groups excluding carboxylic acids is 2. The average molecular weight is 385 g/mol. The first kappa shape index (κ1) is 22.6. The van der Waals surface area contributed by atoms with Crippen LogP contribution in [0.4, 0.5) is 0 Å². The number of nitrogens with zero attached hydrogens (tertiary/aromatic N) is 2. The van der Waals surface area contributed by atoms with E-state index < -0.39 is 5.97 Å². The molecular formula is C19H32N2O4S. The molecule has 1 heterocycles. The summed E-state index contributed by atoms with van der Waals surface area (Å²) in [6.45, 7) is 5.70. The predicted octanol–water partition coefficient (Wildman–Crippen LogP) is 4.05. The van der Waals surface area contributed by atoms with Crippen LogP contribution in [0.5, 0.6) is 0 Å². The summed E-state index contributed by atoms with van der Waals surface area (Å²) in [5.41, 5.74) is 0.307. The summed E-state index contributed by atoms with van der Waals surface area (Å²) in [5.74, 6) is -0.303. The Morgan fingerprint density at radius 1 is 1.15 bits per heavy atom. The molecule has 0 bridgehead atoms. The number of carbonyl (C=O) groups is 2. The first-order chi connectivity index (χ1) is 12.6. The molecule has 0 unspecified atom stereocenters. The topological polar surface area (TPSA) is 68.7 Å². The zero-order chi connectivity index (χ0) is 19.2. The molecule has 0 aromatic carbocycles. The van der Waals surface area contributed by atoms with Crippen LogP contribution in [0.25, 0.3) is 0 Å². The van der Waals surface area contributed by atoms with Crippen molar-refractivity contribution >= 4 is 23.2 Å². The molecular weight excluding hydrogens is 352 g/mol. The summed E-state index contributed by atoms with van der Waals surface area (Å²) in [5, 5.41) is 2.42. The molecule has 0 N–H and O–H groups in total. The van der Waals surface area contributed by atoms with E-state index >= 15 is 0 Å². The van der Waals surface area contributed by atoms with E-state index in [1.165, 1.54) is 37.0 Å². The summed E-state index contributed by atoms with van der Waals surface area (Å²) in [7, 11) is 1.62. The third-order valence-electron chi connectivity index (χ3n) is 4.02. The lowest BCUT2D eigenvalue weighted by atomic mass is 10.1. The maximum absolute atomic E-state index is 12.5. The molecule has 0 spiro atoms. The second kappa shape index (κ2) is 13.7. The van der Waals surface area contributed by atoms with Gasteiger partial charge in [-0.05, 0) is 13.3 Å². The molecule has 1 amide bonds. The van der Waals surface area contributed by atoms with Gasteiger partial charge in [0.05, 0.1) is 19.8 Å². The van der Waals surface area contributed by atoms with Gasteiger partial charge in [-0.2, -0.15) is 0 Å². The second-order valence-electron chi connectivity index (χ2n) is 6.17. The summed E-state index contributed by atoms with van der Waals surface area (Å²) in [6.07, 6.45) is 7.48. The van der Waals surface area contributed by atoms with Crippen LogP contribution in [0.1, 0.15) is 74.3 Å². The minimum Gasteiger partial charge on any atom is -0.461 e. The van der Waals surface area contributed by atoms with E-state index in [9.17, 15) is 9.59 Å². The van der Waals surface area contributed by atoms with E-state index in [0.29, 0.717) is 38.4 Å². The summed E-state index contributed by atoms with van der Waals surface area (Å²) in [6, 6.07) is 0. The van der Waals surface area contributed by atoms with Crippen LogP contribution >= 0.6 is 11.3 Å². The number of ether oxygens (including phenoxy) is 2. The zero-order valence-corrected chi connectivity index (χ0v) is 17.1. The lowest BCUT2D eigenvalue weighted by Gasteiger charge is -2.21. The van der Waals surface area contributed by atoms with E-state index in [0.717, 1.165) is 17.8 Å². The monoisotopic (exact) mass is 384 g/mol. The maximum Gasteiger partial charge on any atom is 0.357 e. The van der Waals surface area contributed by atoms with Gasteiger partial charge in [-0.3, -0.25) is 4.79 Å². The molecule has 0 aliphatic rings. The Morgan fingerprint density at radius 3 is 2.58 bits per heavy atom. The molecule has 7 heteroatoms. The van der Waals surface area contributed by atoms with E-state index in [2.05, 4.69) is 11.9 Å². The Morgan fingerprint density at radius 2 is 1.88 bits per heavy atom. The van der Waals surface area contributed by atoms with Gasteiger partial charge in [-0.15, -0.1) is 11.3 Å². The molecule has 0 aliphatic carbocycles. The van der Waals surface area contributed by atoms with Gasteiger partial charge in [0, 0.05) is 25.5 Å². The van der Waals surface area contributed by atoms with Crippen molar-refractivity contribution < 1.29 is 19.1 Å². The van der Waals surface area contributed by atoms with Crippen molar-refractivity contribution in [2.24, 2.45) is 0 Å². The second-order valence-corrected chi connectivity index (χ2v) is 7.12.